The molecule has 14 aromatic rings. The Balaban J connectivity index is 1.10. The van der Waals surface area contributed by atoms with E-state index in [0.29, 0.717) is 5.82 Å². The molecule has 14 rings (SSSR count). The second-order valence-corrected chi connectivity index (χ2v) is 17.7. The van der Waals surface area contributed by atoms with Gasteiger partial charge in [0.05, 0.1) is 55.9 Å². The molecule has 0 aliphatic carbocycles. The summed E-state index contributed by atoms with van der Waals surface area (Å²) < 4.78 is 7.38. The SMILES string of the molecule is c1ccc(-c2cc(-c3ccc(-n4c5ccccc5c5c4ccc4c6ccccc6n(-c6ccccc6)c45)c(-c4ccccc4-n4c5ccccc5c5ccccc54)c3)nc(-c3ccccc3)n2)cc1. The lowest BCUT2D eigenvalue weighted by molar-refractivity contribution is 1.15. The number of para-hydroxylation sites is 6. The molecule has 0 unspecified atom stereocenters. The second kappa shape index (κ2) is 15.7. The summed E-state index contributed by atoms with van der Waals surface area (Å²) in [6.07, 6.45) is 0. The maximum Gasteiger partial charge on any atom is 0.160 e. The standard InChI is InChI=1S/C64H41N5/c1-4-20-42(21-5-1)53-41-54(66-64(65-53)43-22-6-2-7-23-43)44-36-38-60(52(40-44)49-29-13-18-34-58(49)68-56-32-16-10-26-46(56)47-27-11-17-33-57(47)68)69-59-35-19-14-30-51(59)62-61(69)39-37-50-48-28-12-15-31-55(48)67(63(50)62)45-24-8-3-9-25-45/h1-41H. The van der Waals surface area contributed by atoms with E-state index in [0.717, 1.165) is 78.3 Å². The van der Waals surface area contributed by atoms with E-state index in [2.05, 4.69) is 238 Å². The first-order valence-electron chi connectivity index (χ1n) is 23.5. The highest BCUT2D eigenvalue weighted by Gasteiger charge is 2.24. The van der Waals surface area contributed by atoms with Crippen molar-refractivity contribution in [2.45, 2.75) is 0 Å². The highest BCUT2D eigenvalue weighted by molar-refractivity contribution is 6.26. The molecule has 0 N–H and O–H groups in total. The van der Waals surface area contributed by atoms with E-state index < -0.39 is 0 Å². The topological polar surface area (TPSA) is 40.6 Å². The molecule has 0 saturated heterocycles. The normalized spacial score (nSPS) is 11.8. The molecule has 5 heteroatoms. The van der Waals surface area contributed by atoms with Crippen molar-refractivity contribution in [1.82, 2.24) is 23.7 Å². The number of nitrogens with zero attached hydrogens (tertiary/aromatic N) is 5. The Morgan fingerprint density at radius 2 is 0.754 bits per heavy atom. The minimum atomic E-state index is 0.684. The Kier molecular flexibility index (Phi) is 8.83. The minimum absolute atomic E-state index is 0.684. The molecule has 69 heavy (non-hydrogen) atoms. The van der Waals surface area contributed by atoms with Crippen molar-refractivity contribution in [3.63, 3.8) is 0 Å². The molecule has 0 bridgehead atoms. The molecule has 5 nitrogen and oxygen atoms in total. The molecule has 10 aromatic carbocycles. The van der Waals surface area contributed by atoms with E-state index in [-0.39, 0.29) is 0 Å². The quantitative estimate of drug-likeness (QED) is 0.160. The van der Waals surface area contributed by atoms with Crippen molar-refractivity contribution in [2.24, 2.45) is 0 Å². The number of fused-ring (bicyclic) bond motifs is 10. The Labute approximate surface area is 398 Å². The van der Waals surface area contributed by atoms with Crippen LogP contribution in [-0.4, -0.2) is 23.7 Å². The van der Waals surface area contributed by atoms with Gasteiger partial charge in [0, 0.05) is 65.8 Å². The molecule has 0 atom stereocenters. The van der Waals surface area contributed by atoms with Gasteiger partial charge in [-0.3, -0.25) is 0 Å². The third-order valence-electron chi connectivity index (χ3n) is 13.9. The highest BCUT2D eigenvalue weighted by Crippen LogP contribution is 2.45. The summed E-state index contributed by atoms with van der Waals surface area (Å²) in [7, 11) is 0. The summed E-state index contributed by atoms with van der Waals surface area (Å²) in [4.78, 5) is 10.5. The van der Waals surface area contributed by atoms with Crippen molar-refractivity contribution in [3.05, 3.63) is 249 Å². The number of aromatic nitrogens is 5. The zero-order valence-electron chi connectivity index (χ0n) is 37.4. The number of benzene rings is 10. The molecule has 4 aromatic heterocycles. The fourth-order valence-electron chi connectivity index (χ4n) is 10.9. The molecule has 0 fully saturated rings. The van der Waals surface area contributed by atoms with E-state index in [4.69, 9.17) is 9.97 Å². The van der Waals surface area contributed by atoms with Crippen molar-refractivity contribution in [1.29, 1.82) is 0 Å². The van der Waals surface area contributed by atoms with Gasteiger partial charge in [0.2, 0.25) is 0 Å². The Hall–Kier alpha value is -9.32. The molecule has 322 valence electrons. The van der Waals surface area contributed by atoms with Crippen LogP contribution in [-0.2, 0) is 0 Å². The Bertz CT molecular complexity index is 4180. The van der Waals surface area contributed by atoms with Crippen LogP contribution in [0.5, 0.6) is 0 Å². The van der Waals surface area contributed by atoms with E-state index in [1.54, 1.807) is 0 Å². The van der Waals surface area contributed by atoms with E-state index in [9.17, 15) is 0 Å². The lowest BCUT2D eigenvalue weighted by Gasteiger charge is -2.20. The fraction of sp³-hybridized carbons (Fsp3) is 0. The van der Waals surface area contributed by atoms with Gasteiger partial charge in [-0.15, -0.1) is 0 Å². The van der Waals surface area contributed by atoms with Crippen LogP contribution in [0.4, 0.5) is 0 Å². The monoisotopic (exact) mass is 879 g/mol. The van der Waals surface area contributed by atoms with Crippen LogP contribution < -0.4 is 0 Å². The summed E-state index contributed by atoms with van der Waals surface area (Å²) in [5.74, 6) is 0.684. The first-order valence-corrected chi connectivity index (χ1v) is 23.5. The molecule has 0 amide bonds. The fourth-order valence-corrected chi connectivity index (χ4v) is 10.9. The summed E-state index contributed by atoms with van der Waals surface area (Å²) in [5, 5.41) is 7.31. The van der Waals surface area contributed by atoms with Gasteiger partial charge in [-0.05, 0) is 66.7 Å². The summed E-state index contributed by atoms with van der Waals surface area (Å²) in [6.45, 7) is 0. The zero-order chi connectivity index (χ0) is 45.4. The van der Waals surface area contributed by atoms with Crippen LogP contribution >= 0.6 is 0 Å². The van der Waals surface area contributed by atoms with E-state index in [1.807, 2.05) is 24.3 Å². The average Bonchev–Trinajstić information content (AvgIpc) is 4.07. The van der Waals surface area contributed by atoms with Gasteiger partial charge in [0.1, 0.15) is 0 Å². The van der Waals surface area contributed by atoms with Gasteiger partial charge in [-0.1, -0.05) is 182 Å². The summed E-state index contributed by atoms with van der Waals surface area (Å²) in [5.41, 5.74) is 17.2. The van der Waals surface area contributed by atoms with Gasteiger partial charge >= 0.3 is 0 Å². The number of hydrogen-bond acceptors (Lipinski definition) is 2. The van der Waals surface area contributed by atoms with Crippen LogP contribution in [0.1, 0.15) is 0 Å². The van der Waals surface area contributed by atoms with Crippen LogP contribution in [0.3, 0.4) is 0 Å². The van der Waals surface area contributed by atoms with E-state index >= 15 is 0 Å². The summed E-state index contributed by atoms with van der Waals surface area (Å²) in [6, 6.07) is 89.3. The van der Waals surface area contributed by atoms with Gasteiger partial charge in [-0.2, -0.15) is 0 Å². The molecule has 0 aliphatic heterocycles. The van der Waals surface area contributed by atoms with Crippen LogP contribution in [0, 0.1) is 0 Å². The predicted molar refractivity (Wildman–Crippen MR) is 287 cm³/mol. The lowest BCUT2D eigenvalue weighted by atomic mass is 9.96. The zero-order valence-corrected chi connectivity index (χ0v) is 37.4. The first kappa shape index (κ1) is 38.9. The third-order valence-corrected chi connectivity index (χ3v) is 13.9. The van der Waals surface area contributed by atoms with Crippen LogP contribution in [0.15, 0.2) is 249 Å². The van der Waals surface area contributed by atoms with Gasteiger partial charge in [-0.25, -0.2) is 9.97 Å². The summed E-state index contributed by atoms with van der Waals surface area (Å²) >= 11 is 0. The van der Waals surface area contributed by atoms with Crippen LogP contribution in [0.25, 0.3) is 128 Å². The van der Waals surface area contributed by atoms with Crippen molar-refractivity contribution in [2.75, 3.05) is 0 Å². The molecule has 0 spiro atoms. The second-order valence-electron chi connectivity index (χ2n) is 17.7. The average molecular weight is 880 g/mol. The predicted octanol–water partition coefficient (Wildman–Crippen LogP) is 16.4. The van der Waals surface area contributed by atoms with Gasteiger partial charge in [0.25, 0.3) is 0 Å². The lowest BCUT2D eigenvalue weighted by Crippen LogP contribution is -2.02. The number of hydrogen-bond donors (Lipinski definition) is 0. The van der Waals surface area contributed by atoms with Crippen molar-refractivity contribution < 1.29 is 0 Å². The Morgan fingerprint density at radius 3 is 1.42 bits per heavy atom. The maximum atomic E-state index is 5.35. The minimum Gasteiger partial charge on any atom is -0.309 e. The van der Waals surface area contributed by atoms with Crippen molar-refractivity contribution in [3.8, 4) is 62.1 Å². The van der Waals surface area contributed by atoms with Crippen molar-refractivity contribution >= 4 is 65.4 Å². The molecule has 0 saturated carbocycles. The smallest absolute Gasteiger partial charge is 0.160 e. The number of rotatable bonds is 7. The van der Waals surface area contributed by atoms with E-state index in [1.165, 1.54) is 43.4 Å². The largest absolute Gasteiger partial charge is 0.309 e. The van der Waals surface area contributed by atoms with Gasteiger partial charge in [0.15, 0.2) is 5.82 Å². The molecule has 0 radical (unpaired) electrons. The molecular formula is C64H41N5. The molecular weight excluding hydrogens is 839 g/mol. The molecule has 4 heterocycles. The Morgan fingerprint density at radius 1 is 0.275 bits per heavy atom. The first-order chi connectivity index (χ1) is 34.3. The maximum absolute atomic E-state index is 5.35. The molecule has 0 aliphatic rings. The highest BCUT2D eigenvalue weighted by atomic mass is 15.0. The van der Waals surface area contributed by atoms with Gasteiger partial charge < -0.3 is 13.7 Å². The third kappa shape index (κ3) is 6.11. The van der Waals surface area contributed by atoms with Crippen LogP contribution in [0.2, 0.25) is 0 Å².